The Morgan fingerprint density at radius 3 is 1.66 bits per heavy atom. The fourth-order valence-corrected chi connectivity index (χ4v) is 4.57. The first-order chi connectivity index (χ1) is 15.6. The Morgan fingerprint density at radius 2 is 1.22 bits per heavy atom. The topological polar surface area (TPSA) is 61.0 Å². The van der Waals surface area contributed by atoms with E-state index in [1.807, 2.05) is 59.3 Å². The van der Waals surface area contributed by atoms with Crippen LogP contribution >= 0.6 is 11.6 Å². The molecule has 0 N–H and O–H groups in total. The normalized spacial score (nSPS) is 11.5. The molecule has 0 saturated heterocycles. The smallest absolute Gasteiger partial charge is 0.258 e. The van der Waals surface area contributed by atoms with Gasteiger partial charge in [0.1, 0.15) is 5.54 Å². The van der Waals surface area contributed by atoms with Crippen molar-refractivity contribution in [1.29, 1.82) is 0 Å². The van der Waals surface area contributed by atoms with Crippen LogP contribution in [0.3, 0.4) is 0 Å². The van der Waals surface area contributed by atoms with E-state index in [1.165, 1.54) is 12.1 Å². The Morgan fingerprint density at radius 1 is 0.750 bits per heavy atom. The van der Waals surface area contributed by atoms with Crippen molar-refractivity contribution in [3.63, 3.8) is 0 Å². The van der Waals surface area contributed by atoms with Crippen molar-refractivity contribution in [2.45, 2.75) is 5.54 Å². The molecule has 0 bridgehead atoms. The summed E-state index contributed by atoms with van der Waals surface area (Å²) in [6.07, 6.45) is 0. The number of nitrogens with zero attached hydrogens (tertiary/aromatic N) is 3. The van der Waals surface area contributed by atoms with Gasteiger partial charge < -0.3 is 0 Å². The molecule has 0 saturated carbocycles. The van der Waals surface area contributed by atoms with Crippen LogP contribution in [0.15, 0.2) is 109 Å². The monoisotopic (exact) mass is 439 g/mol. The Bertz CT molecular complexity index is 1300. The van der Waals surface area contributed by atoms with Gasteiger partial charge >= 0.3 is 0 Å². The van der Waals surface area contributed by atoms with Crippen molar-refractivity contribution in [2.75, 3.05) is 0 Å². The largest absolute Gasteiger partial charge is 0.270 e. The highest BCUT2D eigenvalue weighted by Gasteiger charge is 2.40. The number of aromatic nitrogens is 2. The van der Waals surface area contributed by atoms with Gasteiger partial charge in [0.15, 0.2) is 5.15 Å². The second-order valence-corrected chi connectivity index (χ2v) is 7.83. The fourth-order valence-electron chi connectivity index (χ4n) is 4.34. The Kier molecular flexibility index (Phi) is 4.96. The number of fused-ring (bicyclic) bond motifs is 1. The number of non-ortho nitro benzene ring substituents is 1. The Hall–Kier alpha value is -3.96. The lowest BCUT2D eigenvalue weighted by Crippen LogP contribution is -2.38. The van der Waals surface area contributed by atoms with Crippen LogP contribution in [0, 0.1) is 10.1 Å². The van der Waals surface area contributed by atoms with Crippen molar-refractivity contribution in [1.82, 2.24) is 9.78 Å². The van der Waals surface area contributed by atoms with Crippen LogP contribution in [0.1, 0.15) is 16.7 Å². The van der Waals surface area contributed by atoms with E-state index in [0.717, 1.165) is 16.7 Å². The quantitative estimate of drug-likeness (QED) is 0.180. The van der Waals surface area contributed by atoms with Gasteiger partial charge in [-0.25, -0.2) is 4.68 Å². The molecule has 0 spiro atoms. The first-order valence-corrected chi connectivity index (χ1v) is 10.5. The molecule has 32 heavy (non-hydrogen) atoms. The van der Waals surface area contributed by atoms with E-state index in [4.69, 9.17) is 16.7 Å². The van der Waals surface area contributed by atoms with E-state index in [0.29, 0.717) is 10.9 Å². The molecule has 4 aromatic carbocycles. The van der Waals surface area contributed by atoms with Crippen LogP contribution in [-0.2, 0) is 5.54 Å². The Balaban J connectivity index is 1.95. The zero-order chi connectivity index (χ0) is 22.1. The summed E-state index contributed by atoms with van der Waals surface area (Å²) in [5, 5.41) is 16.9. The minimum absolute atomic E-state index is 0.0244. The second-order valence-electron chi connectivity index (χ2n) is 7.47. The van der Waals surface area contributed by atoms with Gasteiger partial charge in [-0.1, -0.05) is 103 Å². The summed E-state index contributed by atoms with van der Waals surface area (Å²) in [6, 6.07) is 34.9. The van der Waals surface area contributed by atoms with E-state index in [-0.39, 0.29) is 10.8 Å². The molecule has 1 heterocycles. The zero-order valence-corrected chi connectivity index (χ0v) is 17.7. The predicted molar refractivity (Wildman–Crippen MR) is 126 cm³/mol. The molecule has 0 atom stereocenters. The molecule has 0 fully saturated rings. The average molecular weight is 440 g/mol. The number of rotatable bonds is 5. The number of nitro benzene ring substituents is 1. The van der Waals surface area contributed by atoms with E-state index in [9.17, 15) is 10.1 Å². The molecule has 0 amide bonds. The van der Waals surface area contributed by atoms with E-state index >= 15 is 0 Å². The standard InChI is InChI=1S/C26H18ClN3O2/c27-25-23-18-22(30(31)32)16-17-24(23)29(28-25)26(19-10-4-1-5-11-19,20-12-6-2-7-13-20)21-14-8-3-9-15-21/h1-18H. The summed E-state index contributed by atoms with van der Waals surface area (Å²) in [7, 11) is 0. The van der Waals surface area contributed by atoms with E-state index in [1.54, 1.807) is 6.07 Å². The zero-order valence-electron chi connectivity index (χ0n) is 16.9. The average Bonchev–Trinajstić information content (AvgIpc) is 3.18. The minimum atomic E-state index is -0.842. The summed E-state index contributed by atoms with van der Waals surface area (Å²) < 4.78 is 1.88. The van der Waals surface area contributed by atoms with Crippen LogP contribution in [0.2, 0.25) is 5.15 Å². The molecule has 0 radical (unpaired) electrons. The number of halogens is 1. The molecule has 5 aromatic rings. The van der Waals surface area contributed by atoms with Crippen molar-refractivity contribution in [2.24, 2.45) is 0 Å². The number of nitro groups is 1. The third-order valence-electron chi connectivity index (χ3n) is 5.72. The maximum atomic E-state index is 11.4. The fraction of sp³-hybridized carbons (Fsp3) is 0.0385. The van der Waals surface area contributed by atoms with Gasteiger partial charge in [-0.15, -0.1) is 0 Å². The van der Waals surface area contributed by atoms with Gasteiger partial charge in [0, 0.05) is 17.5 Å². The van der Waals surface area contributed by atoms with Gasteiger partial charge in [-0.2, -0.15) is 5.10 Å². The molecule has 5 rings (SSSR count). The van der Waals surface area contributed by atoms with E-state index < -0.39 is 10.5 Å². The molecule has 0 unspecified atom stereocenters. The van der Waals surface area contributed by atoms with Gasteiger partial charge in [-0.3, -0.25) is 10.1 Å². The summed E-state index contributed by atoms with van der Waals surface area (Å²) in [4.78, 5) is 10.9. The molecule has 0 aliphatic carbocycles. The predicted octanol–water partition coefficient (Wildman–Crippen LogP) is 6.44. The first kappa shape index (κ1) is 20.0. The maximum absolute atomic E-state index is 11.4. The van der Waals surface area contributed by atoms with Crippen LogP contribution in [-0.4, -0.2) is 14.7 Å². The van der Waals surface area contributed by atoms with Crippen LogP contribution in [0.4, 0.5) is 5.69 Å². The highest BCUT2D eigenvalue weighted by Crippen LogP contribution is 2.43. The number of benzene rings is 4. The number of hydrogen-bond acceptors (Lipinski definition) is 3. The van der Waals surface area contributed by atoms with Crippen LogP contribution in [0.5, 0.6) is 0 Å². The molecular formula is C26H18ClN3O2. The number of hydrogen-bond donors (Lipinski definition) is 0. The van der Waals surface area contributed by atoms with Crippen molar-refractivity contribution < 1.29 is 4.92 Å². The molecule has 0 aliphatic heterocycles. The van der Waals surface area contributed by atoms with E-state index in [2.05, 4.69) is 36.4 Å². The van der Waals surface area contributed by atoms with Crippen LogP contribution < -0.4 is 0 Å². The Labute approximate surface area is 189 Å². The van der Waals surface area contributed by atoms with Crippen molar-refractivity contribution >= 4 is 28.2 Å². The lowest BCUT2D eigenvalue weighted by molar-refractivity contribution is -0.384. The molecule has 6 heteroatoms. The summed E-state index contributed by atoms with van der Waals surface area (Å²) >= 11 is 6.57. The molecule has 1 aromatic heterocycles. The van der Waals surface area contributed by atoms with Gasteiger partial charge in [0.2, 0.25) is 0 Å². The van der Waals surface area contributed by atoms with Crippen molar-refractivity contribution in [3.05, 3.63) is 141 Å². The second kappa shape index (κ2) is 7.94. The van der Waals surface area contributed by atoms with Crippen molar-refractivity contribution in [3.8, 4) is 0 Å². The summed E-state index contributed by atoms with van der Waals surface area (Å²) in [5.41, 5.74) is 2.83. The SMILES string of the molecule is O=[N+]([O-])c1ccc2c(c1)c(Cl)nn2C(c1ccccc1)(c1ccccc1)c1ccccc1. The maximum Gasteiger partial charge on any atom is 0.270 e. The third-order valence-corrected chi connectivity index (χ3v) is 6.00. The molecular weight excluding hydrogens is 422 g/mol. The highest BCUT2D eigenvalue weighted by molar-refractivity contribution is 6.34. The third kappa shape index (κ3) is 3.06. The molecule has 156 valence electrons. The lowest BCUT2D eigenvalue weighted by Gasteiger charge is -2.37. The minimum Gasteiger partial charge on any atom is -0.258 e. The van der Waals surface area contributed by atoms with Gasteiger partial charge in [0.05, 0.1) is 10.4 Å². The van der Waals surface area contributed by atoms with Gasteiger partial charge in [-0.05, 0) is 22.8 Å². The van der Waals surface area contributed by atoms with Crippen LogP contribution in [0.25, 0.3) is 10.9 Å². The summed E-state index contributed by atoms with van der Waals surface area (Å²) in [6.45, 7) is 0. The molecule has 5 nitrogen and oxygen atoms in total. The lowest BCUT2D eigenvalue weighted by atomic mass is 9.77. The summed E-state index contributed by atoms with van der Waals surface area (Å²) in [5.74, 6) is 0. The first-order valence-electron chi connectivity index (χ1n) is 10.1. The molecule has 0 aliphatic rings. The highest BCUT2D eigenvalue weighted by atomic mass is 35.5. The van der Waals surface area contributed by atoms with Gasteiger partial charge in [0.25, 0.3) is 5.69 Å².